The number of piperazine rings is 1. The van der Waals surface area contributed by atoms with Crippen LogP contribution in [0.5, 0.6) is 5.75 Å². The van der Waals surface area contributed by atoms with Crippen molar-refractivity contribution in [2.75, 3.05) is 45.1 Å². The fourth-order valence-electron chi connectivity index (χ4n) is 4.00. The van der Waals surface area contributed by atoms with E-state index < -0.39 is 0 Å². The standard InChI is InChI=1S/C28H26ClFN6O2S/c1-35-10-12-36(13-11-35)28(37)31-9-3-6-22-16-24-26(39-22)27(33-18-32-24)34-21-7-8-25(23(29)15-21)38-17-19-4-2-5-20(30)14-19/h2,4-5,7-8,14-16,18H,9-13,17H2,1H3,(H,31,37)(H,32,33,34). The van der Waals surface area contributed by atoms with Crippen molar-refractivity contribution in [2.45, 2.75) is 6.61 Å². The Hall–Kier alpha value is -3.91. The first kappa shape index (κ1) is 26.7. The van der Waals surface area contributed by atoms with E-state index in [0.29, 0.717) is 22.2 Å². The van der Waals surface area contributed by atoms with Crippen molar-refractivity contribution in [2.24, 2.45) is 0 Å². The Balaban J connectivity index is 1.20. The lowest BCUT2D eigenvalue weighted by molar-refractivity contribution is 0.155. The van der Waals surface area contributed by atoms with E-state index in [1.807, 2.05) is 17.0 Å². The molecule has 1 fully saturated rings. The molecule has 0 unspecified atom stereocenters. The molecule has 11 heteroatoms. The minimum Gasteiger partial charge on any atom is -0.487 e. The summed E-state index contributed by atoms with van der Waals surface area (Å²) in [6.07, 6.45) is 1.49. The quantitative estimate of drug-likeness (QED) is 0.317. The zero-order valence-corrected chi connectivity index (χ0v) is 22.8. The van der Waals surface area contributed by atoms with Crippen LogP contribution in [0.1, 0.15) is 10.4 Å². The number of rotatable bonds is 6. The molecule has 0 spiro atoms. The highest BCUT2D eigenvalue weighted by Crippen LogP contribution is 2.33. The van der Waals surface area contributed by atoms with Crippen molar-refractivity contribution >= 4 is 50.7 Å². The van der Waals surface area contributed by atoms with E-state index in [0.717, 1.165) is 47.0 Å². The highest BCUT2D eigenvalue weighted by atomic mass is 35.5. The third-order valence-electron chi connectivity index (χ3n) is 6.12. The lowest BCUT2D eigenvalue weighted by Gasteiger charge is -2.32. The molecule has 1 aliphatic heterocycles. The number of nitrogens with one attached hydrogen (secondary N) is 2. The number of hydrogen-bond donors (Lipinski definition) is 2. The third kappa shape index (κ3) is 6.95. The Labute approximate surface area is 234 Å². The zero-order chi connectivity index (χ0) is 27.2. The van der Waals surface area contributed by atoms with Gasteiger partial charge in [0.25, 0.3) is 0 Å². The monoisotopic (exact) mass is 564 g/mol. The normalized spacial score (nSPS) is 13.6. The first-order valence-corrected chi connectivity index (χ1v) is 13.5. The summed E-state index contributed by atoms with van der Waals surface area (Å²) < 4.78 is 20.0. The molecule has 1 saturated heterocycles. The van der Waals surface area contributed by atoms with Crippen LogP contribution < -0.4 is 15.4 Å². The Morgan fingerprint density at radius 2 is 2.00 bits per heavy atom. The van der Waals surface area contributed by atoms with E-state index in [4.69, 9.17) is 16.3 Å². The topological polar surface area (TPSA) is 82.6 Å². The fraction of sp³-hybridized carbons (Fsp3) is 0.250. The molecule has 5 rings (SSSR count). The molecule has 0 atom stereocenters. The second-order valence-electron chi connectivity index (χ2n) is 8.99. The van der Waals surface area contributed by atoms with Crippen molar-refractivity contribution in [1.29, 1.82) is 0 Å². The SMILES string of the molecule is CN1CCN(C(=O)NCC#Cc2cc3ncnc(Nc4ccc(OCc5cccc(F)c5)c(Cl)c4)c3s2)CC1. The molecule has 2 aromatic carbocycles. The van der Waals surface area contributed by atoms with Crippen LogP contribution in [0, 0.1) is 17.7 Å². The number of carbonyl (C=O) groups excluding carboxylic acids is 1. The van der Waals surface area contributed by atoms with Crippen LogP contribution in [0.15, 0.2) is 54.9 Å². The number of anilines is 2. The molecule has 1 aliphatic rings. The lowest BCUT2D eigenvalue weighted by atomic mass is 10.2. The molecule has 3 heterocycles. The van der Waals surface area contributed by atoms with Crippen LogP contribution in [0.3, 0.4) is 0 Å². The van der Waals surface area contributed by atoms with E-state index in [2.05, 4.69) is 44.4 Å². The van der Waals surface area contributed by atoms with E-state index in [1.165, 1.54) is 29.8 Å². The number of thiophene rings is 1. The smallest absolute Gasteiger partial charge is 0.318 e. The van der Waals surface area contributed by atoms with Crippen LogP contribution in [-0.2, 0) is 6.61 Å². The number of amides is 2. The molecular formula is C28H26ClFN6O2S. The molecule has 200 valence electrons. The van der Waals surface area contributed by atoms with Gasteiger partial charge in [0.15, 0.2) is 5.82 Å². The van der Waals surface area contributed by atoms with Gasteiger partial charge in [-0.05, 0) is 49.0 Å². The summed E-state index contributed by atoms with van der Waals surface area (Å²) in [6.45, 7) is 3.66. The summed E-state index contributed by atoms with van der Waals surface area (Å²) >= 11 is 7.91. The van der Waals surface area contributed by atoms with Crippen LogP contribution >= 0.6 is 22.9 Å². The number of hydrogen-bond acceptors (Lipinski definition) is 7. The van der Waals surface area contributed by atoms with Gasteiger partial charge in [-0.15, -0.1) is 11.3 Å². The van der Waals surface area contributed by atoms with Gasteiger partial charge in [-0.1, -0.05) is 35.6 Å². The maximum absolute atomic E-state index is 13.4. The highest BCUT2D eigenvalue weighted by molar-refractivity contribution is 7.20. The Bertz CT molecular complexity index is 1540. The molecule has 0 saturated carbocycles. The van der Waals surface area contributed by atoms with Crippen molar-refractivity contribution in [3.8, 4) is 17.6 Å². The predicted octanol–water partition coefficient (Wildman–Crippen LogP) is 5.11. The van der Waals surface area contributed by atoms with Gasteiger partial charge in [0.2, 0.25) is 0 Å². The number of urea groups is 1. The average molecular weight is 565 g/mol. The first-order chi connectivity index (χ1) is 18.9. The Morgan fingerprint density at radius 3 is 2.79 bits per heavy atom. The summed E-state index contributed by atoms with van der Waals surface area (Å²) in [4.78, 5) is 25.9. The molecule has 2 aromatic heterocycles. The minimum absolute atomic E-state index is 0.0878. The summed E-state index contributed by atoms with van der Waals surface area (Å²) in [6, 6.07) is 13.4. The number of halogens is 2. The molecule has 2 amide bonds. The molecule has 0 bridgehead atoms. The third-order valence-corrected chi connectivity index (χ3v) is 7.46. The van der Waals surface area contributed by atoms with Crippen LogP contribution in [0.2, 0.25) is 5.02 Å². The van der Waals surface area contributed by atoms with Crippen molar-refractivity contribution < 1.29 is 13.9 Å². The number of carbonyl (C=O) groups is 1. The number of aromatic nitrogens is 2. The summed E-state index contributed by atoms with van der Waals surface area (Å²) in [7, 11) is 2.05. The molecule has 0 aliphatic carbocycles. The molecule has 0 radical (unpaired) electrons. The van der Waals surface area contributed by atoms with Crippen molar-refractivity contribution in [1.82, 2.24) is 25.1 Å². The van der Waals surface area contributed by atoms with Gasteiger partial charge in [-0.3, -0.25) is 0 Å². The number of ether oxygens (including phenoxy) is 1. The van der Waals surface area contributed by atoms with Crippen LogP contribution in [0.4, 0.5) is 20.7 Å². The maximum Gasteiger partial charge on any atom is 0.318 e. The van der Waals surface area contributed by atoms with Gasteiger partial charge in [-0.25, -0.2) is 19.2 Å². The molecule has 2 N–H and O–H groups in total. The maximum atomic E-state index is 13.4. The lowest BCUT2D eigenvalue weighted by Crippen LogP contribution is -2.50. The summed E-state index contributed by atoms with van der Waals surface area (Å²) in [5.41, 5.74) is 2.21. The van der Waals surface area contributed by atoms with Gasteiger partial charge in [0.05, 0.1) is 26.7 Å². The van der Waals surface area contributed by atoms with Crippen LogP contribution in [0.25, 0.3) is 10.2 Å². The number of nitrogens with zero attached hydrogens (tertiary/aromatic N) is 4. The minimum atomic E-state index is -0.311. The predicted molar refractivity (Wildman–Crippen MR) is 152 cm³/mol. The largest absolute Gasteiger partial charge is 0.487 e. The first-order valence-electron chi connectivity index (χ1n) is 12.3. The zero-order valence-electron chi connectivity index (χ0n) is 21.2. The molecule has 8 nitrogen and oxygen atoms in total. The molecular weight excluding hydrogens is 539 g/mol. The number of fused-ring (bicyclic) bond motifs is 1. The van der Waals surface area contributed by atoms with E-state index >= 15 is 0 Å². The fourth-order valence-corrected chi connectivity index (χ4v) is 5.16. The van der Waals surface area contributed by atoms with E-state index in [-0.39, 0.29) is 25.0 Å². The van der Waals surface area contributed by atoms with Crippen molar-refractivity contribution in [3.63, 3.8) is 0 Å². The van der Waals surface area contributed by atoms with Crippen molar-refractivity contribution in [3.05, 3.63) is 76.1 Å². The molecule has 39 heavy (non-hydrogen) atoms. The second kappa shape index (κ2) is 12.3. The van der Waals surface area contributed by atoms with E-state index in [9.17, 15) is 9.18 Å². The Morgan fingerprint density at radius 1 is 1.15 bits per heavy atom. The molecule has 4 aromatic rings. The van der Waals surface area contributed by atoms with Gasteiger partial charge < -0.3 is 25.2 Å². The summed E-state index contributed by atoms with van der Waals surface area (Å²) in [5.74, 6) is 6.94. The Kier molecular flexibility index (Phi) is 8.42. The number of likely N-dealkylation sites (N-methyl/N-ethyl adjacent to an activating group) is 1. The second-order valence-corrected chi connectivity index (χ2v) is 10.4. The number of benzene rings is 2. The van der Waals surface area contributed by atoms with Gasteiger partial charge in [0.1, 0.15) is 24.5 Å². The highest BCUT2D eigenvalue weighted by Gasteiger charge is 2.18. The summed E-state index contributed by atoms with van der Waals surface area (Å²) in [5, 5.41) is 6.57. The van der Waals surface area contributed by atoms with Gasteiger partial charge >= 0.3 is 6.03 Å². The average Bonchev–Trinajstić information content (AvgIpc) is 3.35. The van der Waals surface area contributed by atoms with Gasteiger partial charge in [-0.2, -0.15) is 0 Å². The van der Waals surface area contributed by atoms with Gasteiger partial charge in [0, 0.05) is 31.9 Å². The van der Waals surface area contributed by atoms with Crippen LogP contribution in [-0.4, -0.2) is 65.6 Å². The van der Waals surface area contributed by atoms with E-state index in [1.54, 1.807) is 24.3 Å².